The summed E-state index contributed by atoms with van der Waals surface area (Å²) in [5, 5.41) is 0. The fraction of sp³-hybridized carbons (Fsp3) is 0.588. The van der Waals surface area contributed by atoms with Crippen molar-refractivity contribution in [1.82, 2.24) is 4.90 Å². The molecule has 0 aromatic heterocycles. The van der Waals surface area contributed by atoms with Crippen LogP contribution in [0.5, 0.6) is 0 Å². The van der Waals surface area contributed by atoms with Crippen LogP contribution < -0.4 is 4.90 Å². The molecule has 0 bridgehead atoms. The van der Waals surface area contributed by atoms with Crippen molar-refractivity contribution in [2.75, 3.05) is 30.8 Å². The summed E-state index contributed by atoms with van der Waals surface area (Å²) in [5.41, 5.74) is 0.0408. The maximum atomic E-state index is 14.1. The number of sulfone groups is 1. The third kappa shape index (κ3) is 4.84. The second-order valence-corrected chi connectivity index (χ2v) is 9.34. The summed E-state index contributed by atoms with van der Waals surface area (Å²) in [6.07, 6.45) is 0.616. The lowest BCUT2D eigenvalue weighted by Crippen LogP contribution is -2.55. The first-order valence-electron chi connectivity index (χ1n) is 8.12. The summed E-state index contributed by atoms with van der Waals surface area (Å²) >= 11 is 0. The fourth-order valence-corrected chi connectivity index (χ4v) is 3.50. The fourth-order valence-electron chi connectivity index (χ4n) is 2.77. The molecular weight excluding hydrogens is 347 g/mol. The van der Waals surface area contributed by atoms with E-state index in [9.17, 15) is 17.6 Å². The average molecular weight is 372 g/mol. The Morgan fingerprint density at radius 3 is 2.40 bits per heavy atom. The molecule has 1 atom stereocenters. The zero-order valence-electron chi connectivity index (χ0n) is 15.2. The first kappa shape index (κ1) is 19.5. The van der Waals surface area contributed by atoms with Gasteiger partial charge in [-0.3, -0.25) is 0 Å². The number of hydrogen-bond donors (Lipinski definition) is 0. The van der Waals surface area contributed by atoms with Crippen LogP contribution in [-0.2, 0) is 14.6 Å². The molecule has 1 aliphatic heterocycles. The van der Waals surface area contributed by atoms with Gasteiger partial charge >= 0.3 is 6.09 Å². The Bertz CT molecular complexity index is 758. The predicted molar refractivity (Wildman–Crippen MR) is 94.1 cm³/mol. The minimum absolute atomic E-state index is 0.110. The van der Waals surface area contributed by atoms with Gasteiger partial charge in [0.2, 0.25) is 0 Å². The molecule has 0 aliphatic carbocycles. The molecule has 1 aliphatic rings. The van der Waals surface area contributed by atoms with Gasteiger partial charge < -0.3 is 14.5 Å². The van der Waals surface area contributed by atoms with E-state index < -0.39 is 21.3 Å². The van der Waals surface area contributed by atoms with Gasteiger partial charge in [-0.2, -0.15) is 0 Å². The Kier molecular flexibility index (Phi) is 5.32. The first-order chi connectivity index (χ1) is 11.4. The Morgan fingerprint density at radius 1 is 1.28 bits per heavy atom. The van der Waals surface area contributed by atoms with Crippen LogP contribution in [-0.4, -0.2) is 56.9 Å². The molecule has 0 spiro atoms. The van der Waals surface area contributed by atoms with E-state index in [4.69, 9.17) is 4.74 Å². The van der Waals surface area contributed by atoms with Crippen molar-refractivity contribution in [3.05, 3.63) is 24.0 Å². The molecular formula is C17H25FN2O4S. The number of anilines is 1. The molecule has 2 rings (SSSR count). The minimum Gasteiger partial charge on any atom is -0.444 e. The Labute approximate surface area is 148 Å². The molecule has 0 radical (unpaired) electrons. The van der Waals surface area contributed by atoms with Crippen LogP contribution in [0.1, 0.15) is 27.7 Å². The zero-order valence-corrected chi connectivity index (χ0v) is 16.1. The SMILES string of the molecule is CC1CN(c2ccc(S(C)(=O)=O)c(F)c2)CCN1C(=O)OC(C)(C)C. The van der Waals surface area contributed by atoms with Crippen LogP contribution in [0.3, 0.4) is 0 Å². The van der Waals surface area contributed by atoms with E-state index in [-0.39, 0.29) is 17.0 Å². The monoisotopic (exact) mass is 372 g/mol. The van der Waals surface area contributed by atoms with E-state index in [1.54, 1.807) is 11.0 Å². The molecule has 1 heterocycles. The predicted octanol–water partition coefficient (Wildman–Crippen LogP) is 2.67. The van der Waals surface area contributed by atoms with Gasteiger partial charge in [-0.15, -0.1) is 0 Å². The molecule has 1 fully saturated rings. The van der Waals surface area contributed by atoms with Crippen molar-refractivity contribution in [2.24, 2.45) is 0 Å². The second-order valence-electron chi connectivity index (χ2n) is 7.36. The van der Waals surface area contributed by atoms with Crippen molar-refractivity contribution in [2.45, 2.75) is 44.2 Å². The lowest BCUT2D eigenvalue weighted by atomic mass is 10.1. The van der Waals surface area contributed by atoms with Crippen LogP contribution in [0, 0.1) is 5.82 Å². The molecule has 1 aromatic rings. The van der Waals surface area contributed by atoms with Crippen LogP contribution >= 0.6 is 0 Å². The topological polar surface area (TPSA) is 66.9 Å². The molecule has 1 saturated heterocycles. The lowest BCUT2D eigenvalue weighted by Gasteiger charge is -2.41. The molecule has 140 valence electrons. The summed E-state index contributed by atoms with van der Waals surface area (Å²) in [6.45, 7) is 8.83. The zero-order chi connectivity index (χ0) is 19.0. The van der Waals surface area contributed by atoms with Crippen LogP contribution in [0.15, 0.2) is 23.1 Å². The van der Waals surface area contributed by atoms with E-state index in [1.165, 1.54) is 12.1 Å². The van der Waals surface area contributed by atoms with Crippen molar-refractivity contribution < 1.29 is 22.3 Å². The standard InChI is InChI=1S/C17H25FN2O4S/c1-12-11-19(8-9-20(12)16(21)24-17(2,3)4)13-6-7-15(14(18)10-13)25(5,22)23/h6-7,10,12H,8-9,11H2,1-5H3. The molecule has 8 heteroatoms. The number of piperazine rings is 1. The maximum absolute atomic E-state index is 14.1. The molecule has 1 unspecified atom stereocenters. The van der Waals surface area contributed by atoms with Gasteiger partial charge in [0.25, 0.3) is 0 Å². The van der Waals surface area contributed by atoms with Crippen molar-refractivity contribution in [3.8, 4) is 0 Å². The van der Waals surface area contributed by atoms with Gasteiger partial charge in [0.15, 0.2) is 9.84 Å². The highest BCUT2D eigenvalue weighted by Crippen LogP contribution is 2.25. The van der Waals surface area contributed by atoms with Gasteiger partial charge in [0.05, 0.1) is 0 Å². The number of hydrogen-bond acceptors (Lipinski definition) is 5. The van der Waals surface area contributed by atoms with Crippen LogP contribution in [0.2, 0.25) is 0 Å². The van der Waals surface area contributed by atoms with Gasteiger partial charge in [0, 0.05) is 37.6 Å². The normalized spacial score (nSPS) is 19.0. The third-order valence-electron chi connectivity index (χ3n) is 3.94. The molecule has 0 saturated carbocycles. The van der Waals surface area contributed by atoms with E-state index in [0.29, 0.717) is 25.3 Å². The molecule has 25 heavy (non-hydrogen) atoms. The Hall–Kier alpha value is -1.83. The first-order valence-corrected chi connectivity index (χ1v) is 10.0. The molecule has 1 aromatic carbocycles. The third-order valence-corrected chi connectivity index (χ3v) is 5.07. The van der Waals surface area contributed by atoms with Crippen LogP contribution in [0.25, 0.3) is 0 Å². The smallest absolute Gasteiger partial charge is 0.410 e. The summed E-state index contributed by atoms with van der Waals surface area (Å²) in [7, 11) is -3.59. The second kappa shape index (κ2) is 6.82. The number of amides is 1. The van der Waals surface area contributed by atoms with Gasteiger partial charge in [-0.1, -0.05) is 0 Å². The largest absolute Gasteiger partial charge is 0.444 e. The van der Waals surface area contributed by atoms with Crippen molar-refractivity contribution in [3.63, 3.8) is 0 Å². The van der Waals surface area contributed by atoms with Crippen molar-refractivity contribution >= 4 is 21.6 Å². The quantitative estimate of drug-likeness (QED) is 0.798. The Morgan fingerprint density at radius 2 is 1.92 bits per heavy atom. The molecule has 1 amide bonds. The number of benzene rings is 1. The van der Waals surface area contributed by atoms with E-state index in [0.717, 1.165) is 6.26 Å². The maximum Gasteiger partial charge on any atom is 0.410 e. The number of carbonyl (C=O) groups excluding carboxylic acids is 1. The van der Waals surface area contributed by atoms with E-state index in [1.807, 2.05) is 32.6 Å². The van der Waals surface area contributed by atoms with E-state index in [2.05, 4.69) is 0 Å². The Balaban J connectivity index is 2.11. The summed E-state index contributed by atoms with van der Waals surface area (Å²) in [4.78, 5) is 15.5. The van der Waals surface area contributed by atoms with Gasteiger partial charge in [0.1, 0.15) is 16.3 Å². The summed E-state index contributed by atoms with van der Waals surface area (Å²) in [6, 6.07) is 3.99. The highest BCUT2D eigenvalue weighted by atomic mass is 32.2. The number of nitrogens with zero attached hydrogens (tertiary/aromatic N) is 2. The molecule has 6 nitrogen and oxygen atoms in total. The highest BCUT2D eigenvalue weighted by Gasteiger charge is 2.31. The van der Waals surface area contributed by atoms with E-state index >= 15 is 0 Å². The highest BCUT2D eigenvalue weighted by molar-refractivity contribution is 7.90. The van der Waals surface area contributed by atoms with Gasteiger partial charge in [-0.25, -0.2) is 17.6 Å². The van der Waals surface area contributed by atoms with Crippen molar-refractivity contribution in [1.29, 1.82) is 0 Å². The number of halogens is 1. The summed E-state index contributed by atoms with van der Waals surface area (Å²) < 4.78 is 42.5. The molecule has 0 N–H and O–H groups in total. The average Bonchev–Trinajstić information content (AvgIpc) is 2.43. The summed E-state index contributed by atoms with van der Waals surface area (Å²) in [5.74, 6) is -0.762. The minimum atomic E-state index is -3.59. The lowest BCUT2D eigenvalue weighted by molar-refractivity contribution is 0.0159. The van der Waals surface area contributed by atoms with Crippen LogP contribution in [0.4, 0.5) is 14.9 Å². The number of ether oxygens (including phenoxy) is 1. The number of carbonyl (C=O) groups is 1. The van der Waals surface area contributed by atoms with Gasteiger partial charge in [-0.05, 0) is 45.9 Å². The number of rotatable bonds is 2.